The first-order chi connectivity index (χ1) is 9.74. The average Bonchev–Trinajstić information content (AvgIpc) is 2.63. The lowest BCUT2D eigenvalue weighted by Gasteiger charge is -2.07. The van der Waals surface area contributed by atoms with Crippen LogP contribution in [0.1, 0.15) is 27.0 Å². The van der Waals surface area contributed by atoms with E-state index >= 15 is 0 Å². The zero-order valence-corrected chi connectivity index (χ0v) is 11.0. The van der Waals surface area contributed by atoms with Crippen LogP contribution in [0.3, 0.4) is 0 Å². The van der Waals surface area contributed by atoms with Crippen molar-refractivity contribution in [2.24, 2.45) is 0 Å². The molecule has 0 aromatic heterocycles. The van der Waals surface area contributed by atoms with Crippen LogP contribution in [-0.2, 0) is 11.2 Å². The molecule has 0 amide bonds. The second kappa shape index (κ2) is 4.80. The molecule has 0 unspecified atom stereocenters. The molecule has 0 atom stereocenters. The zero-order chi connectivity index (χ0) is 14.1. The lowest BCUT2D eigenvalue weighted by Crippen LogP contribution is -2.04. The first-order valence-corrected chi connectivity index (χ1v) is 6.29. The van der Waals surface area contributed by atoms with Crippen molar-refractivity contribution in [3.8, 4) is 5.75 Å². The molecule has 0 fully saturated rings. The van der Waals surface area contributed by atoms with Gasteiger partial charge in [0.15, 0.2) is 5.78 Å². The van der Waals surface area contributed by atoms with Gasteiger partial charge in [-0.3, -0.25) is 4.79 Å². The SMILES string of the molecule is COc1ccc2c(c1)C(=O)c1ccccc1C(=C=O)C2. The molecule has 0 saturated heterocycles. The van der Waals surface area contributed by atoms with E-state index in [1.54, 1.807) is 37.4 Å². The fourth-order valence-corrected chi connectivity index (χ4v) is 2.51. The number of benzene rings is 2. The minimum atomic E-state index is -0.0836. The van der Waals surface area contributed by atoms with Crippen LogP contribution in [0.25, 0.3) is 5.57 Å². The van der Waals surface area contributed by atoms with Gasteiger partial charge in [0.25, 0.3) is 0 Å². The smallest absolute Gasteiger partial charge is 0.194 e. The Balaban J connectivity index is 2.29. The van der Waals surface area contributed by atoms with E-state index in [0.29, 0.717) is 34.4 Å². The van der Waals surface area contributed by atoms with Crippen LogP contribution in [0.5, 0.6) is 5.75 Å². The van der Waals surface area contributed by atoms with Crippen molar-refractivity contribution in [2.45, 2.75) is 6.42 Å². The van der Waals surface area contributed by atoms with Crippen LogP contribution in [-0.4, -0.2) is 18.8 Å². The number of ketones is 1. The Labute approximate surface area is 116 Å². The summed E-state index contributed by atoms with van der Waals surface area (Å²) in [5, 5.41) is 0. The molecule has 0 aliphatic heterocycles. The van der Waals surface area contributed by atoms with Crippen LogP contribution in [0.4, 0.5) is 0 Å². The number of allylic oxidation sites excluding steroid dienone is 1. The van der Waals surface area contributed by atoms with E-state index in [-0.39, 0.29) is 5.78 Å². The van der Waals surface area contributed by atoms with Gasteiger partial charge < -0.3 is 4.74 Å². The van der Waals surface area contributed by atoms with E-state index in [1.807, 2.05) is 18.1 Å². The van der Waals surface area contributed by atoms with Crippen LogP contribution >= 0.6 is 0 Å². The van der Waals surface area contributed by atoms with Gasteiger partial charge in [0.05, 0.1) is 7.11 Å². The predicted octanol–water partition coefficient (Wildman–Crippen LogP) is 2.70. The first-order valence-electron chi connectivity index (χ1n) is 6.29. The highest BCUT2D eigenvalue weighted by Gasteiger charge is 2.24. The summed E-state index contributed by atoms with van der Waals surface area (Å²) in [6.45, 7) is 0. The van der Waals surface area contributed by atoms with Crippen LogP contribution < -0.4 is 4.74 Å². The van der Waals surface area contributed by atoms with Gasteiger partial charge in [-0.25, -0.2) is 4.79 Å². The highest BCUT2D eigenvalue weighted by Crippen LogP contribution is 2.31. The van der Waals surface area contributed by atoms with Crippen LogP contribution in [0.2, 0.25) is 0 Å². The number of hydrogen-bond acceptors (Lipinski definition) is 3. The summed E-state index contributed by atoms with van der Waals surface area (Å²) in [5.74, 6) is 2.52. The summed E-state index contributed by atoms with van der Waals surface area (Å²) >= 11 is 0. The molecule has 3 nitrogen and oxygen atoms in total. The molecule has 2 aromatic rings. The Morgan fingerprint density at radius 3 is 2.50 bits per heavy atom. The summed E-state index contributed by atoms with van der Waals surface area (Å²) in [7, 11) is 1.56. The maximum Gasteiger partial charge on any atom is 0.194 e. The van der Waals surface area contributed by atoms with Gasteiger partial charge in [0.1, 0.15) is 11.7 Å². The van der Waals surface area contributed by atoms with Gasteiger partial charge in [0.2, 0.25) is 0 Å². The molecule has 1 aliphatic rings. The highest BCUT2D eigenvalue weighted by atomic mass is 16.5. The van der Waals surface area contributed by atoms with Crippen molar-refractivity contribution < 1.29 is 14.3 Å². The van der Waals surface area contributed by atoms with Gasteiger partial charge in [0, 0.05) is 28.7 Å². The Bertz CT molecular complexity index is 753. The number of carbonyl (C=O) groups excluding carboxylic acids is 2. The van der Waals surface area contributed by atoms with Crippen molar-refractivity contribution >= 4 is 17.3 Å². The van der Waals surface area contributed by atoms with Crippen LogP contribution in [0.15, 0.2) is 42.5 Å². The van der Waals surface area contributed by atoms with E-state index in [4.69, 9.17) is 4.74 Å². The Morgan fingerprint density at radius 2 is 1.80 bits per heavy atom. The van der Waals surface area contributed by atoms with Gasteiger partial charge >= 0.3 is 0 Å². The molecule has 2 aromatic carbocycles. The standard InChI is InChI=1S/C17H12O3/c1-20-13-7-6-11-8-12(10-18)14-4-2-3-5-15(14)17(19)16(11)9-13/h2-7,9H,8H2,1H3. The van der Waals surface area contributed by atoms with E-state index in [0.717, 1.165) is 5.56 Å². The third-order valence-electron chi connectivity index (χ3n) is 3.55. The zero-order valence-electron chi connectivity index (χ0n) is 11.0. The fraction of sp³-hybridized carbons (Fsp3) is 0.118. The van der Waals surface area contributed by atoms with E-state index in [2.05, 4.69) is 0 Å². The van der Waals surface area contributed by atoms with Gasteiger partial charge in [-0.15, -0.1) is 0 Å². The summed E-state index contributed by atoms with van der Waals surface area (Å²) in [6, 6.07) is 12.5. The van der Waals surface area contributed by atoms with Crippen molar-refractivity contribution in [1.29, 1.82) is 0 Å². The minimum absolute atomic E-state index is 0.0836. The normalized spacial score (nSPS) is 13.1. The second-order valence-electron chi connectivity index (χ2n) is 4.66. The quantitative estimate of drug-likeness (QED) is 0.744. The summed E-state index contributed by atoms with van der Waals surface area (Å²) < 4.78 is 5.17. The maximum atomic E-state index is 12.7. The van der Waals surface area contributed by atoms with Crippen molar-refractivity contribution in [3.05, 3.63) is 64.7 Å². The third kappa shape index (κ3) is 1.85. The van der Waals surface area contributed by atoms with Gasteiger partial charge in [-0.2, -0.15) is 0 Å². The third-order valence-corrected chi connectivity index (χ3v) is 3.55. The Hall–Kier alpha value is -2.64. The summed E-state index contributed by atoms with van der Waals surface area (Å²) in [4.78, 5) is 23.9. The molecule has 3 heteroatoms. The topological polar surface area (TPSA) is 43.4 Å². The molecule has 0 bridgehead atoms. The average molecular weight is 264 g/mol. The number of carbonyl (C=O) groups is 1. The number of hydrogen-bond donors (Lipinski definition) is 0. The molecule has 0 heterocycles. The number of methoxy groups -OCH3 is 1. The molecular formula is C17H12O3. The first kappa shape index (κ1) is 12.4. The van der Waals surface area contributed by atoms with Crippen molar-refractivity contribution in [2.75, 3.05) is 7.11 Å². The second-order valence-corrected chi connectivity index (χ2v) is 4.66. The Kier molecular flexibility index (Phi) is 2.97. The number of ether oxygens (including phenoxy) is 1. The lowest BCUT2D eigenvalue weighted by atomic mass is 9.98. The number of rotatable bonds is 1. The van der Waals surface area contributed by atoms with Gasteiger partial charge in [-0.05, 0) is 17.7 Å². The maximum absolute atomic E-state index is 12.7. The minimum Gasteiger partial charge on any atom is -0.497 e. The lowest BCUT2D eigenvalue weighted by molar-refractivity contribution is 0.103. The summed E-state index contributed by atoms with van der Waals surface area (Å²) in [6.07, 6.45) is 0.408. The fourth-order valence-electron chi connectivity index (χ4n) is 2.51. The Morgan fingerprint density at radius 1 is 1.05 bits per heavy atom. The molecule has 3 rings (SSSR count). The molecule has 0 N–H and O–H groups in total. The van der Waals surface area contributed by atoms with E-state index in [9.17, 15) is 9.59 Å². The van der Waals surface area contributed by atoms with Crippen LogP contribution in [0, 0.1) is 0 Å². The molecule has 0 saturated carbocycles. The highest BCUT2D eigenvalue weighted by molar-refractivity contribution is 6.15. The van der Waals surface area contributed by atoms with E-state index in [1.165, 1.54) is 0 Å². The van der Waals surface area contributed by atoms with E-state index < -0.39 is 0 Å². The molecule has 0 radical (unpaired) electrons. The number of fused-ring (bicyclic) bond motifs is 2. The molecule has 1 aliphatic carbocycles. The molecule has 20 heavy (non-hydrogen) atoms. The van der Waals surface area contributed by atoms with Gasteiger partial charge in [-0.1, -0.05) is 30.3 Å². The predicted molar refractivity (Wildman–Crippen MR) is 75.7 cm³/mol. The summed E-state index contributed by atoms with van der Waals surface area (Å²) in [5.41, 5.74) is 3.13. The molecule has 98 valence electrons. The molecule has 0 spiro atoms. The monoisotopic (exact) mass is 264 g/mol. The van der Waals surface area contributed by atoms with Crippen molar-refractivity contribution in [3.63, 3.8) is 0 Å². The molecular weight excluding hydrogens is 252 g/mol. The largest absolute Gasteiger partial charge is 0.497 e. The van der Waals surface area contributed by atoms with Crippen molar-refractivity contribution in [1.82, 2.24) is 0 Å².